The topological polar surface area (TPSA) is 96.2 Å². The fourth-order valence-corrected chi connectivity index (χ4v) is 3.44. The summed E-state index contributed by atoms with van der Waals surface area (Å²) in [7, 11) is 0. The minimum Gasteiger partial charge on any atom is -0.334 e. The molecule has 0 bridgehead atoms. The predicted molar refractivity (Wildman–Crippen MR) is 127 cm³/mol. The van der Waals surface area contributed by atoms with Gasteiger partial charge in [-0.3, -0.25) is 20.5 Å². The lowest BCUT2D eigenvalue weighted by Crippen LogP contribution is -2.26. The largest absolute Gasteiger partial charge is 0.417 e. The highest BCUT2D eigenvalue weighted by Crippen LogP contribution is 2.38. The van der Waals surface area contributed by atoms with Crippen LogP contribution in [0.4, 0.5) is 47.6 Å². The minimum atomic E-state index is -4.70. The van der Waals surface area contributed by atoms with E-state index in [1.165, 1.54) is 6.07 Å². The molecule has 0 radical (unpaired) electrons. The van der Waals surface area contributed by atoms with Crippen molar-refractivity contribution >= 4 is 46.0 Å². The number of nitrogens with zero attached hydrogens (tertiary/aromatic N) is 4. The van der Waals surface area contributed by atoms with Gasteiger partial charge in [-0.1, -0.05) is 48.0 Å². The van der Waals surface area contributed by atoms with Crippen LogP contribution in [0, 0.1) is 10.1 Å². The van der Waals surface area contributed by atoms with Crippen LogP contribution >= 0.6 is 11.6 Å². The van der Waals surface area contributed by atoms with E-state index in [1.54, 1.807) is 53.5 Å². The number of hydrogen-bond donors (Lipinski definition) is 2. The van der Waals surface area contributed by atoms with Crippen molar-refractivity contribution in [2.75, 3.05) is 15.8 Å². The van der Waals surface area contributed by atoms with Crippen LogP contribution in [-0.4, -0.2) is 14.9 Å². The number of rotatable bonds is 7. The number of hydrazine groups is 1. The SMILES string of the molecule is O=[N+]([O-])c1c(Nc2ccc(Cl)c(C(F)(F)F)c2)ncnc1NN(c1ccccc1)c1ccccc1. The Labute approximate surface area is 202 Å². The molecule has 0 unspecified atom stereocenters. The van der Waals surface area contributed by atoms with Gasteiger partial charge in [0, 0.05) is 5.69 Å². The monoisotopic (exact) mass is 500 g/mol. The first-order valence-electron chi connectivity index (χ1n) is 10.0. The average molecular weight is 501 g/mol. The van der Waals surface area contributed by atoms with E-state index in [4.69, 9.17) is 11.6 Å². The molecule has 178 valence electrons. The number of nitro groups is 1. The smallest absolute Gasteiger partial charge is 0.334 e. The Hall–Kier alpha value is -4.38. The average Bonchev–Trinajstić information content (AvgIpc) is 2.84. The van der Waals surface area contributed by atoms with E-state index in [1.807, 2.05) is 12.1 Å². The summed E-state index contributed by atoms with van der Waals surface area (Å²) in [4.78, 5) is 19.2. The highest BCUT2D eigenvalue weighted by molar-refractivity contribution is 6.31. The number of benzene rings is 3. The third kappa shape index (κ3) is 5.41. The first-order valence-corrected chi connectivity index (χ1v) is 10.4. The van der Waals surface area contributed by atoms with Crippen LogP contribution in [0.1, 0.15) is 5.56 Å². The van der Waals surface area contributed by atoms with Crippen molar-refractivity contribution < 1.29 is 18.1 Å². The summed E-state index contributed by atoms with van der Waals surface area (Å²) < 4.78 is 39.7. The maximum atomic E-state index is 13.2. The van der Waals surface area contributed by atoms with Gasteiger partial charge in [-0.05, 0) is 42.5 Å². The Morgan fingerprint density at radius 1 is 0.886 bits per heavy atom. The molecule has 0 fully saturated rings. The highest BCUT2D eigenvalue weighted by Gasteiger charge is 2.34. The van der Waals surface area contributed by atoms with E-state index in [0.29, 0.717) is 11.4 Å². The molecule has 4 aromatic rings. The van der Waals surface area contributed by atoms with E-state index < -0.39 is 27.4 Å². The molecule has 3 aromatic carbocycles. The second kappa shape index (κ2) is 9.85. The van der Waals surface area contributed by atoms with Crippen molar-refractivity contribution in [1.29, 1.82) is 0 Å². The number of anilines is 5. The van der Waals surface area contributed by atoms with Gasteiger partial charge in [0.1, 0.15) is 6.33 Å². The van der Waals surface area contributed by atoms with Crippen LogP contribution in [0.3, 0.4) is 0 Å². The molecule has 0 saturated heterocycles. The third-order valence-corrected chi connectivity index (χ3v) is 5.12. The Bertz CT molecular complexity index is 1300. The normalized spacial score (nSPS) is 11.1. The van der Waals surface area contributed by atoms with Gasteiger partial charge in [-0.25, -0.2) is 9.97 Å². The van der Waals surface area contributed by atoms with Crippen LogP contribution < -0.4 is 15.8 Å². The zero-order valence-corrected chi connectivity index (χ0v) is 18.5. The summed E-state index contributed by atoms with van der Waals surface area (Å²) in [5.74, 6) is -0.478. The zero-order chi connectivity index (χ0) is 25.0. The van der Waals surface area contributed by atoms with Gasteiger partial charge in [-0.15, -0.1) is 0 Å². The molecule has 0 saturated carbocycles. The molecule has 0 aliphatic heterocycles. The van der Waals surface area contributed by atoms with E-state index in [9.17, 15) is 23.3 Å². The minimum absolute atomic E-state index is 0.0857. The van der Waals surface area contributed by atoms with Gasteiger partial charge < -0.3 is 5.32 Å². The highest BCUT2D eigenvalue weighted by atomic mass is 35.5. The summed E-state index contributed by atoms with van der Waals surface area (Å²) in [6, 6.07) is 21.1. The molecular formula is C23H16ClF3N6O2. The molecule has 1 aromatic heterocycles. The van der Waals surface area contributed by atoms with Crippen molar-refractivity contribution in [2.45, 2.75) is 6.18 Å². The van der Waals surface area contributed by atoms with Crippen LogP contribution in [0.5, 0.6) is 0 Å². The molecule has 8 nitrogen and oxygen atoms in total. The fourth-order valence-electron chi connectivity index (χ4n) is 3.22. The van der Waals surface area contributed by atoms with Crippen molar-refractivity contribution in [3.8, 4) is 0 Å². The van der Waals surface area contributed by atoms with E-state index in [-0.39, 0.29) is 17.3 Å². The molecule has 0 aliphatic carbocycles. The van der Waals surface area contributed by atoms with Gasteiger partial charge >= 0.3 is 11.9 Å². The first-order chi connectivity index (χ1) is 16.7. The van der Waals surface area contributed by atoms with Crippen molar-refractivity contribution in [1.82, 2.24) is 9.97 Å². The lowest BCUT2D eigenvalue weighted by Gasteiger charge is -2.26. The van der Waals surface area contributed by atoms with Crippen molar-refractivity contribution in [3.63, 3.8) is 0 Å². The standard InChI is InChI=1S/C23H16ClF3N6O2/c24-19-12-11-15(13-18(19)23(25,26)27)30-21-20(33(34)35)22(29-14-28-21)31-32(16-7-3-1-4-8-16)17-9-5-2-6-10-17/h1-14H,(H2,28,29,30,31). The Morgan fingerprint density at radius 3 is 2.00 bits per heavy atom. The maximum absolute atomic E-state index is 13.2. The number of aromatic nitrogens is 2. The van der Waals surface area contributed by atoms with Gasteiger partial charge in [0.05, 0.1) is 26.9 Å². The molecule has 0 aliphatic rings. The second-order valence-corrected chi connectivity index (χ2v) is 7.52. The van der Waals surface area contributed by atoms with Crippen molar-refractivity contribution in [2.24, 2.45) is 0 Å². The summed E-state index contributed by atoms with van der Waals surface area (Å²) >= 11 is 5.67. The predicted octanol–water partition coefficient (Wildman–Crippen LogP) is 6.97. The Balaban J connectivity index is 1.74. The molecular weight excluding hydrogens is 485 g/mol. The summed E-state index contributed by atoms with van der Waals surface area (Å²) in [5.41, 5.74) is 2.52. The molecule has 35 heavy (non-hydrogen) atoms. The lowest BCUT2D eigenvalue weighted by molar-refractivity contribution is -0.383. The lowest BCUT2D eigenvalue weighted by atomic mass is 10.2. The number of alkyl halides is 3. The van der Waals surface area contributed by atoms with Gasteiger partial charge in [0.25, 0.3) is 0 Å². The molecule has 2 N–H and O–H groups in total. The van der Waals surface area contributed by atoms with Crippen LogP contribution in [0.25, 0.3) is 0 Å². The number of para-hydroxylation sites is 2. The van der Waals surface area contributed by atoms with Gasteiger partial charge in [-0.2, -0.15) is 13.2 Å². The zero-order valence-electron chi connectivity index (χ0n) is 17.7. The van der Waals surface area contributed by atoms with Gasteiger partial charge in [0.15, 0.2) is 0 Å². The Kier molecular flexibility index (Phi) is 6.69. The Morgan fingerprint density at radius 2 is 1.46 bits per heavy atom. The third-order valence-electron chi connectivity index (χ3n) is 4.79. The number of nitrogens with one attached hydrogen (secondary N) is 2. The van der Waals surface area contributed by atoms with E-state index in [0.717, 1.165) is 18.5 Å². The maximum Gasteiger partial charge on any atom is 0.417 e. The summed E-state index contributed by atoms with van der Waals surface area (Å²) in [6.45, 7) is 0. The summed E-state index contributed by atoms with van der Waals surface area (Å²) in [5, 5.41) is 15.7. The molecule has 4 rings (SSSR count). The van der Waals surface area contributed by atoms with Crippen LogP contribution in [-0.2, 0) is 6.18 Å². The van der Waals surface area contributed by atoms with Crippen molar-refractivity contribution in [3.05, 3.63) is 106 Å². The molecule has 0 spiro atoms. The van der Waals surface area contributed by atoms with E-state index >= 15 is 0 Å². The van der Waals surface area contributed by atoms with Crippen LogP contribution in [0.15, 0.2) is 85.2 Å². The first kappa shape index (κ1) is 23.8. The number of halogens is 4. The number of hydrogen-bond acceptors (Lipinski definition) is 7. The second-order valence-electron chi connectivity index (χ2n) is 7.11. The van der Waals surface area contributed by atoms with E-state index in [2.05, 4.69) is 20.7 Å². The molecule has 0 amide bonds. The molecule has 12 heteroatoms. The quantitative estimate of drug-likeness (QED) is 0.209. The summed E-state index contributed by atoms with van der Waals surface area (Å²) in [6.07, 6.45) is -3.64. The van der Waals surface area contributed by atoms with Gasteiger partial charge in [0.2, 0.25) is 11.6 Å². The van der Waals surface area contributed by atoms with Crippen LogP contribution in [0.2, 0.25) is 5.02 Å². The molecule has 1 heterocycles. The fraction of sp³-hybridized carbons (Fsp3) is 0.0435. The molecule has 0 atom stereocenters.